The van der Waals surface area contributed by atoms with Crippen molar-refractivity contribution in [2.24, 2.45) is 11.8 Å². The highest BCUT2D eigenvalue weighted by Crippen LogP contribution is 2.36. The Labute approximate surface area is 155 Å². The molecule has 2 aliphatic heterocycles. The van der Waals surface area contributed by atoms with E-state index in [1.807, 2.05) is 42.2 Å². The molecule has 0 unspecified atom stereocenters. The lowest BCUT2D eigenvalue weighted by Crippen LogP contribution is -2.58. The Morgan fingerprint density at radius 1 is 1.08 bits per heavy atom. The maximum Gasteiger partial charge on any atom is 0.263 e. The number of piperidine rings is 2. The van der Waals surface area contributed by atoms with E-state index in [0.29, 0.717) is 11.8 Å². The Hall–Kier alpha value is -2.04. The van der Waals surface area contributed by atoms with Gasteiger partial charge in [-0.2, -0.15) is 0 Å². The molecule has 0 N–H and O–H groups in total. The molecule has 3 atom stereocenters. The first-order valence-corrected chi connectivity index (χ1v) is 9.94. The Morgan fingerprint density at radius 2 is 1.85 bits per heavy atom. The number of likely N-dealkylation sites (tertiary alicyclic amines) is 2. The highest BCUT2D eigenvalue weighted by Gasteiger charge is 2.42. The molecule has 0 spiro atoms. The molecule has 1 saturated carbocycles. The Morgan fingerprint density at radius 3 is 2.58 bits per heavy atom. The van der Waals surface area contributed by atoms with E-state index in [0.717, 1.165) is 57.5 Å². The van der Waals surface area contributed by atoms with E-state index >= 15 is 0 Å². The summed E-state index contributed by atoms with van der Waals surface area (Å²) in [7, 11) is 0. The van der Waals surface area contributed by atoms with Crippen LogP contribution in [0.1, 0.15) is 39.0 Å². The van der Waals surface area contributed by atoms with E-state index in [1.54, 1.807) is 0 Å². The third-order valence-electron chi connectivity index (χ3n) is 5.99. The molecule has 5 nitrogen and oxygen atoms in total. The van der Waals surface area contributed by atoms with Crippen molar-refractivity contribution in [1.29, 1.82) is 0 Å². The number of hydrogen-bond acceptors (Lipinski definition) is 3. The van der Waals surface area contributed by atoms with Gasteiger partial charge in [0.1, 0.15) is 5.75 Å². The molecule has 3 fully saturated rings. The Kier molecular flexibility index (Phi) is 4.88. The lowest BCUT2D eigenvalue weighted by atomic mass is 9.83. The van der Waals surface area contributed by atoms with Crippen LogP contribution in [0.3, 0.4) is 0 Å². The van der Waals surface area contributed by atoms with Gasteiger partial charge < -0.3 is 14.5 Å². The summed E-state index contributed by atoms with van der Waals surface area (Å²) < 4.78 is 5.85. The smallest absolute Gasteiger partial charge is 0.263 e. The molecule has 3 aliphatic rings. The first-order chi connectivity index (χ1) is 12.6. The largest absolute Gasteiger partial charge is 0.481 e. The van der Waals surface area contributed by atoms with Crippen molar-refractivity contribution in [3.8, 4) is 5.75 Å². The van der Waals surface area contributed by atoms with Gasteiger partial charge in [0.05, 0.1) is 0 Å². The quantitative estimate of drug-likeness (QED) is 0.833. The fraction of sp³-hybridized carbons (Fsp3) is 0.619. The second-order valence-electron chi connectivity index (χ2n) is 7.92. The van der Waals surface area contributed by atoms with Gasteiger partial charge in [0.15, 0.2) is 6.10 Å². The molecular formula is C21H28N2O3. The second-order valence-corrected chi connectivity index (χ2v) is 7.92. The number of hydrogen-bond donors (Lipinski definition) is 0. The van der Waals surface area contributed by atoms with E-state index in [1.165, 1.54) is 0 Å². The number of carbonyl (C=O) groups excluding carboxylic acids is 2. The van der Waals surface area contributed by atoms with Gasteiger partial charge in [0.25, 0.3) is 5.91 Å². The van der Waals surface area contributed by atoms with Gasteiger partial charge in [-0.25, -0.2) is 0 Å². The summed E-state index contributed by atoms with van der Waals surface area (Å²) >= 11 is 0. The van der Waals surface area contributed by atoms with Gasteiger partial charge >= 0.3 is 0 Å². The van der Waals surface area contributed by atoms with Gasteiger partial charge in [-0.05, 0) is 57.1 Å². The first-order valence-electron chi connectivity index (χ1n) is 9.94. The molecule has 1 aromatic carbocycles. The molecule has 0 bridgehead atoms. The standard InChI is InChI=1S/C21H28N2O3/c1-15(26-18-7-3-2-4-8-18)20(24)23-12-5-6-17-14-22(13-11-19(17)23)21(25)16-9-10-16/h2-4,7-8,15-17,19H,5-6,9-14H2,1H3/t15-,17-,19+/m1/s1. The van der Waals surface area contributed by atoms with Crippen LogP contribution in [-0.2, 0) is 9.59 Å². The highest BCUT2D eigenvalue weighted by atomic mass is 16.5. The first kappa shape index (κ1) is 17.4. The van der Waals surface area contributed by atoms with E-state index in [4.69, 9.17) is 4.74 Å². The molecule has 0 aromatic heterocycles. The molecule has 2 heterocycles. The topological polar surface area (TPSA) is 49.9 Å². The summed E-state index contributed by atoms with van der Waals surface area (Å²) in [5, 5.41) is 0. The summed E-state index contributed by atoms with van der Waals surface area (Å²) in [6.07, 6.45) is 4.65. The second kappa shape index (κ2) is 7.29. The number of benzene rings is 1. The lowest BCUT2D eigenvalue weighted by Gasteiger charge is -2.47. The van der Waals surface area contributed by atoms with Crippen molar-refractivity contribution < 1.29 is 14.3 Å². The van der Waals surface area contributed by atoms with Crippen molar-refractivity contribution in [2.45, 2.75) is 51.2 Å². The molecule has 5 heteroatoms. The van der Waals surface area contributed by atoms with Gasteiger partial charge in [-0.1, -0.05) is 18.2 Å². The van der Waals surface area contributed by atoms with E-state index in [2.05, 4.69) is 4.90 Å². The van der Waals surface area contributed by atoms with Crippen molar-refractivity contribution in [1.82, 2.24) is 9.80 Å². The molecule has 4 rings (SSSR count). The zero-order valence-electron chi connectivity index (χ0n) is 15.5. The van der Waals surface area contributed by atoms with Gasteiger partial charge in [-0.3, -0.25) is 9.59 Å². The van der Waals surface area contributed by atoms with Crippen LogP contribution < -0.4 is 4.74 Å². The number of para-hydroxylation sites is 1. The van der Waals surface area contributed by atoms with Crippen LogP contribution in [0.15, 0.2) is 30.3 Å². The van der Waals surface area contributed by atoms with Crippen LogP contribution in [0.25, 0.3) is 0 Å². The summed E-state index contributed by atoms with van der Waals surface area (Å²) in [5.74, 6) is 1.84. The molecule has 140 valence electrons. The molecule has 2 amide bonds. The van der Waals surface area contributed by atoms with E-state index < -0.39 is 6.10 Å². The van der Waals surface area contributed by atoms with Crippen molar-refractivity contribution in [3.05, 3.63) is 30.3 Å². The molecule has 0 radical (unpaired) electrons. The summed E-state index contributed by atoms with van der Waals surface area (Å²) in [5.41, 5.74) is 0. The van der Waals surface area contributed by atoms with Crippen LogP contribution in [0.5, 0.6) is 5.75 Å². The van der Waals surface area contributed by atoms with Gasteiger partial charge in [0.2, 0.25) is 5.91 Å². The van der Waals surface area contributed by atoms with Crippen molar-refractivity contribution in [3.63, 3.8) is 0 Å². The third-order valence-corrected chi connectivity index (χ3v) is 5.99. The maximum atomic E-state index is 13.0. The monoisotopic (exact) mass is 356 g/mol. The number of amides is 2. The third kappa shape index (κ3) is 3.57. The molecule has 1 aliphatic carbocycles. The molecular weight excluding hydrogens is 328 g/mol. The number of ether oxygens (including phenoxy) is 1. The Balaban J connectivity index is 1.39. The number of fused-ring (bicyclic) bond motifs is 1. The maximum absolute atomic E-state index is 13.0. The van der Waals surface area contributed by atoms with Crippen molar-refractivity contribution >= 4 is 11.8 Å². The summed E-state index contributed by atoms with van der Waals surface area (Å²) in [6, 6.07) is 9.77. The molecule has 1 aromatic rings. The zero-order valence-corrected chi connectivity index (χ0v) is 15.5. The van der Waals surface area contributed by atoms with Crippen LogP contribution in [0, 0.1) is 11.8 Å². The molecule has 26 heavy (non-hydrogen) atoms. The van der Waals surface area contributed by atoms with E-state index in [9.17, 15) is 9.59 Å². The van der Waals surface area contributed by atoms with Crippen LogP contribution in [-0.4, -0.2) is 53.4 Å². The van der Waals surface area contributed by atoms with Gasteiger partial charge in [0, 0.05) is 31.6 Å². The summed E-state index contributed by atoms with van der Waals surface area (Å²) in [4.78, 5) is 29.5. The number of carbonyl (C=O) groups is 2. The van der Waals surface area contributed by atoms with Crippen molar-refractivity contribution in [2.75, 3.05) is 19.6 Å². The SMILES string of the molecule is C[C@@H](Oc1ccccc1)C(=O)N1CCC[C@@H]2CN(C(=O)C3CC3)CC[C@@H]21. The summed E-state index contributed by atoms with van der Waals surface area (Å²) in [6.45, 7) is 4.25. The average Bonchev–Trinajstić information content (AvgIpc) is 3.52. The van der Waals surface area contributed by atoms with Crippen LogP contribution in [0.4, 0.5) is 0 Å². The average molecular weight is 356 g/mol. The highest BCUT2D eigenvalue weighted by molar-refractivity contribution is 5.82. The van der Waals surface area contributed by atoms with Crippen LogP contribution in [0.2, 0.25) is 0 Å². The number of rotatable bonds is 4. The lowest BCUT2D eigenvalue weighted by molar-refractivity contribution is -0.147. The zero-order chi connectivity index (χ0) is 18.1. The van der Waals surface area contributed by atoms with Crippen LogP contribution >= 0.6 is 0 Å². The fourth-order valence-corrected chi connectivity index (χ4v) is 4.45. The van der Waals surface area contributed by atoms with E-state index in [-0.39, 0.29) is 17.9 Å². The minimum atomic E-state index is -0.484. The molecule has 2 saturated heterocycles. The predicted molar refractivity (Wildman–Crippen MR) is 98.7 cm³/mol. The number of nitrogens with zero attached hydrogens (tertiary/aromatic N) is 2. The Bertz CT molecular complexity index is 658. The normalized spacial score (nSPS) is 26.8. The van der Waals surface area contributed by atoms with Gasteiger partial charge in [-0.15, -0.1) is 0 Å². The minimum Gasteiger partial charge on any atom is -0.481 e. The fourth-order valence-electron chi connectivity index (χ4n) is 4.45. The minimum absolute atomic E-state index is 0.0746. The predicted octanol–water partition coefficient (Wildman–Crippen LogP) is 2.70.